The minimum absolute atomic E-state index is 0.0757. The van der Waals surface area contributed by atoms with E-state index in [1.807, 2.05) is 45.0 Å². The number of hydrogen-bond donors (Lipinski definition) is 1. The van der Waals surface area contributed by atoms with E-state index in [2.05, 4.69) is 23.5 Å². The van der Waals surface area contributed by atoms with Crippen LogP contribution in [0.1, 0.15) is 59.3 Å². The van der Waals surface area contributed by atoms with Crippen molar-refractivity contribution in [2.24, 2.45) is 17.8 Å². The van der Waals surface area contributed by atoms with Gasteiger partial charge in [-0.05, 0) is 56.6 Å². The van der Waals surface area contributed by atoms with Crippen LogP contribution in [-0.4, -0.2) is 90.7 Å². The SMILES string of the molecule is C=CCCCOC(=O)[C@H]1[C@H]2C(=O)N([C@@H](CO)CC(C)C)C(C(=O)N(CC=C)Cn3nnc4ccccc43)C23CC[C@]1(CC)O3. The Morgan fingerprint density at radius 3 is 2.70 bits per heavy atom. The van der Waals surface area contributed by atoms with Crippen LogP contribution in [0.2, 0.25) is 0 Å². The number of ether oxygens (including phenoxy) is 2. The number of nitrogens with zero attached hydrogens (tertiary/aromatic N) is 5. The summed E-state index contributed by atoms with van der Waals surface area (Å²) in [6.07, 6.45) is 6.70. The van der Waals surface area contributed by atoms with Crippen LogP contribution in [0.5, 0.6) is 0 Å². The molecule has 2 unspecified atom stereocenters. The first-order chi connectivity index (χ1) is 21.2. The van der Waals surface area contributed by atoms with Crippen molar-refractivity contribution >= 4 is 28.8 Å². The summed E-state index contributed by atoms with van der Waals surface area (Å²) >= 11 is 0. The Kier molecular flexibility index (Phi) is 9.27. The summed E-state index contributed by atoms with van der Waals surface area (Å²) < 4.78 is 14.3. The molecule has 0 aliphatic carbocycles. The molecule has 3 saturated heterocycles. The number of rotatable bonds is 15. The van der Waals surface area contributed by atoms with Gasteiger partial charge in [-0.3, -0.25) is 14.4 Å². The number of carbonyl (C=O) groups is 3. The molecule has 0 saturated carbocycles. The normalized spacial score (nSPS) is 28.0. The van der Waals surface area contributed by atoms with Crippen LogP contribution in [0, 0.1) is 17.8 Å². The number of fused-ring (bicyclic) bond motifs is 2. The summed E-state index contributed by atoms with van der Waals surface area (Å²) in [6.45, 7) is 13.7. The number of carbonyl (C=O) groups excluding carboxylic acids is 3. The maximum atomic E-state index is 14.8. The summed E-state index contributed by atoms with van der Waals surface area (Å²) in [4.78, 5) is 46.3. The highest BCUT2D eigenvalue weighted by Crippen LogP contribution is 2.65. The van der Waals surface area contributed by atoms with E-state index in [-0.39, 0.29) is 44.2 Å². The van der Waals surface area contributed by atoms with Crippen molar-refractivity contribution in [3.05, 3.63) is 49.6 Å². The summed E-state index contributed by atoms with van der Waals surface area (Å²) in [6, 6.07) is 5.82. The second kappa shape index (κ2) is 12.8. The molecule has 3 aliphatic heterocycles. The number of amides is 2. The number of unbranched alkanes of at least 4 members (excludes halogenated alkanes) is 1. The van der Waals surface area contributed by atoms with E-state index in [0.717, 1.165) is 5.52 Å². The highest BCUT2D eigenvalue weighted by molar-refractivity contribution is 5.98. The second-order valence-corrected chi connectivity index (χ2v) is 12.7. The third kappa shape index (κ3) is 5.23. The van der Waals surface area contributed by atoms with E-state index in [1.54, 1.807) is 21.7 Å². The van der Waals surface area contributed by atoms with Crippen LogP contribution in [-0.2, 0) is 30.5 Å². The van der Waals surface area contributed by atoms with Gasteiger partial charge in [0.05, 0.1) is 36.3 Å². The molecule has 1 aromatic heterocycles. The lowest BCUT2D eigenvalue weighted by molar-refractivity contribution is -0.164. The molecule has 5 rings (SSSR count). The number of likely N-dealkylation sites (tertiary alicyclic amines) is 1. The third-order valence-corrected chi connectivity index (χ3v) is 9.64. The van der Waals surface area contributed by atoms with Crippen LogP contribution in [0.3, 0.4) is 0 Å². The molecule has 238 valence electrons. The summed E-state index contributed by atoms with van der Waals surface area (Å²) in [5.41, 5.74) is -0.675. The predicted molar refractivity (Wildman–Crippen MR) is 164 cm³/mol. The minimum Gasteiger partial charge on any atom is -0.465 e. The molecule has 2 amide bonds. The Morgan fingerprint density at radius 2 is 2.02 bits per heavy atom. The molecule has 1 spiro atoms. The van der Waals surface area contributed by atoms with Crippen LogP contribution in [0.4, 0.5) is 0 Å². The molecule has 2 aromatic rings. The monoisotopic (exact) mass is 607 g/mol. The van der Waals surface area contributed by atoms with Crippen LogP contribution >= 0.6 is 0 Å². The maximum absolute atomic E-state index is 14.8. The number of esters is 1. The van der Waals surface area contributed by atoms with Gasteiger partial charge in [0.1, 0.15) is 29.7 Å². The summed E-state index contributed by atoms with van der Waals surface area (Å²) in [5, 5.41) is 19.1. The summed E-state index contributed by atoms with van der Waals surface area (Å²) in [5.74, 6) is -2.74. The van der Waals surface area contributed by atoms with Gasteiger partial charge >= 0.3 is 5.97 Å². The van der Waals surface area contributed by atoms with Gasteiger partial charge in [0.25, 0.3) is 0 Å². The van der Waals surface area contributed by atoms with Crippen molar-refractivity contribution in [2.75, 3.05) is 19.8 Å². The topological polar surface area (TPSA) is 127 Å². The van der Waals surface area contributed by atoms with E-state index in [4.69, 9.17) is 9.47 Å². The number of benzene rings is 1. The minimum atomic E-state index is -1.23. The molecule has 1 N–H and O–H groups in total. The van der Waals surface area contributed by atoms with Crippen molar-refractivity contribution in [2.45, 2.75) is 89.3 Å². The molecule has 11 nitrogen and oxygen atoms in total. The third-order valence-electron chi connectivity index (χ3n) is 9.64. The van der Waals surface area contributed by atoms with Crippen molar-refractivity contribution in [3.63, 3.8) is 0 Å². The van der Waals surface area contributed by atoms with Gasteiger partial charge in [0, 0.05) is 6.54 Å². The zero-order valence-electron chi connectivity index (χ0n) is 26.1. The highest BCUT2D eigenvalue weighted by Gasteiger charge is 2.79. The van der Waals surface area contributed by atoms with Crippen LogP contribution in [0.25, 0.3) is 11.0 Å². The van der Waals surface area contributed by atoms with Crippen LogP contribution in [0.15, 0.2) is 49.6 Å². The van der Waals surface area contributed by atoms with Gasteiger partial charge in [0.15, 0.2) is 0 Å². The Hall–Kier alpha value is -3.57. The Morgan fingerprint density at radius 1 is 1.25 bits per heavy atom. The van der Waals surface area contributed by atoms with E-state index in [1.165, 1.54) is 4.90 Å². The maximum Gasteiger partial charge on any atom is 0.312 e. The predicted octanol–water partition coefficient (Wildman–Crippen LogP) is 3.47. The molecule has 4 heterocycles. The average Bonchev–Trinajstić information content (AvgIpc) is 3.74. The smallest absolute Gasteiger partial charge is 0.312 e. The first-order valence-corrected chi connectivity index (χ1v) is 15.8. The fourth-order valence-corrected chi connectivity index (χ4v) is 7.73. The fourth-order valence-electron chi connectivity index (χ4n) is 7.73. The Bertz CT molecular complexity index is 1410. The van der Waals surface area contributed by atoms with Crippen molar-refractivity contribution in [3.8, 4) is 0 Å². The zero-order chi connectivity index (χ0) is 31.6. The van der Waals surface area contributed by atoms with E-state index >= 15 is 0 Å². The largest absolute Gasteiger partial charge is 0.465 e. The molecule has 1 aromatic carbocycles. The Labute approximate surface area is 258 Å². The van der Waals surface area contributed by atoms with Gasteiger partial charge in [-0.25, -0.2) is 4.68 Å². The van der Waals surface area contributed by atoms with Gasteiger partial charge in [-0.15, -0.1) is 18.3 Å². The van der Waals surface area contributed by atoms with Gasteiger partial charge in [-0.2, -0.15) is 0 Å². The average molecular weight is 608 g/mol. The molecule has 6 atom stereocenters. The molecular formula is C33H45N5O6. The van der Waals surface area contributed by atoms with E-state index < -0.39 is 41.1 Å². The lowest BCUT2D eigenvalue weighted by Crippen LogP contribution is -2.59. The fraction of sp³-hybridized carbons (Fsp3) is 0.606. The quantitative estimate of drug-likeness (QED) is 0.185. The molecule has 11 heteroatoms. The standard InChI is InChI=1S/C33H45N5O6/c1-6-9-12-18-43-31(42)27-26-29(40)38(23(20-39)19-22(4)5)28(33(26)16-15-32(27,8-3)44-33)30(41)36(17-7-2)21-37-25-14-11-10-13-24(25)34-35-37/h6-7,10-11,13-14,22-23,26-28,39H,1-2,8-9,12,15-21H2,3-5H3/t23-,26+,27-,28?,32+,33?/m1/s1. The van der Waals surface area contributed by atoms with Gasteiger partial charge < -0.3 is 24.4 Å². The zero-order valence-corrected chi connectivity index (χ0v) is 26.1. The molecule has 3 aliphatic rings. The lowest BCUT2D eigenvalue weighted by Gasteiger charge is -2.40. The number of aliphatic hydroxyl groups is 1. The molecular weight excluding hydrogens is 562 g/mol. The number of aliphatic hydroxyl groups excluding tert-OH is 1. The molecule has 3 fully saturated rings. The van der Waals surface area contributed by atoms with Crippen molar-refractivity contribution in [1.82, 2.24) is 24.8 Å². The highest BCUT2D eigenvalue weighted by atomic mass is 16.6. The van der Waals surface area contributed by atoms with E-state index in [0.29, 0.717) is 44.0 Å². The van der Waals surface area contributed by atoms with Gasteiger partial charge in [-0.1, -0.05) is 50.3 Å². The second-order valence-electron chi connectivity index (χ2n) is 12.7. The number of allylic oxidation sites excluding steroid dienone is 1. The first-order valence-electron chi connectivity index (χ1n) is 15.8. The molecule has 44 heavy (non-hydrogen) atoms. The van der Waals surface area contributed by atoms with Crippen molar-refractivity contribution in [1.29, 1.82) is 0 Å². The van der Waals surface area contributed by atoms with Crippen molar-refractivity contribution < 1.29 is 29.0 Å². The summed E-state index contributed by atoms with van der Waals surface area (Å²) in [7, 11) is 0. The molecule has 0 radical (unpaired) electrons. The molecule has 2 bridgehead atoms. The number of hydrogen-bond acceptors (Lipinski definition) is 8. The number of aromatic nitrogens is 3. The van der Waals surface area contributed by atoms with E-state index in [9.17, 15) is 19.5 Å². The number of para-hydroxylation sites is 1. The van der Waals surface area contributed by atoms with Crippen LogP contribution < -0.4 is 0 Å². The lowest BCUT2D eigenvalue weighted by atomic mass is 9.65. The Balaban J connectivity index is 1.56. The van der Waals surface area contributed by atoms with Gasteiger partial charge in [0.2, 0.25) is 11.8 Å². The first kappa shape index (κ1) is 31.8.